The number of ether oxygens (including phenoxy) is 3. The molecular formula is C35H54O7. The molecule has 0 aromatic carbocycles. The summed E-state index contributed by atoms with van der Waals surface area (Å²) >= 11 is 0. The molecule has 5 saturated carbocycles. The fourth-order valence-corrected chi connectivity index (χ4v) is 12.5. The van der Waals surface area contributed by atoms with E-state index in [2.05, 4.69) is 34.6 Å². The number of carbonyl (C=O) groups excluding carboxylic acids is 4. The van der Waals surface area contributed by atoms with Crippen molar-refractivity contribution in [1.29, 1.82) is 0 Å². The van der Waals surface area contributed by atoms with Crippen LogP contribution in [0.5, 0.6) is 0 Å². The minimum absolute atomic E-state index is 0.00394. The average Bonchev–Trinajstić information content (AvgIpc) is 3.18. The number of Topliss-reactive ketones (excluding diaryl/α,β-unsaturated/α-hetero) is 1. The quantitative estimate of drug-likeness (QED) is 0.261. The van der Waals surface area contributed by atoms with E-state index >= 15 is 0 Å². The number of carbonyl (C=O) groups is 4. The Kier molecular flexibility index (Phi) is 7.75. The lowest BCUT2D eigenvalue weighted by molar-refractivity contribution is -0.252. The first-order chi connectivity index (χ1) is 19.4. The second-order valence-electron chi connectivity index (χ2n) is 16.3. The summed E-state index contributed by atoms with van der Waals surface area (Å²) in [6.07, 6.45) is 8.23. The lowest BCUT2D eigenvalue weighted by atomic mass is 9.32. The van der Waals surface area contributed by atoms with Gasteiger partial charge in [0.25, 0.3) is 0 Å². The van der Waals surface area contributed by atoms with Crippen molar-refractivity contribution in [2.45, 2.75) is 132 Å². The third kappa shape index (κ3) is 4.48. The summed E-state index contributed by atoms with van der Waals surface area (Å²) in [6, 6.07) is 0. The van der Waals surface area contributed by atoms with E-state index in [-0.39, 0.29) is 81.2 Å². The van der Waals surface area contributed by atoms with Crippen molar-refractivity contribution in [3.63, 3.8) is 0 Å². The largest absolute Gasteiger partial charge is 0.465 e. The van der Waals surface area contributed by atoms with Crippen LogP contribution in [-0.2, 0) is 33.4 Å². The highest BCUT2D eigenvalue weighted by Crippen LogP contribution is 2.77. The molecule has 0 N–H and O–H groups in total. The van der Waals surface area contributed by atoms with Gasteiger partial charge in [-0.2, -0.15) is 0 Å². The van der Waals surface area contributed by atoms with Gasteiger partial charge in [0.1, 0.15) is 18.0 Å². The lowest BCUT2D eigenvalue weighted by Crippen LogP contribution is -2.67. The Balaban J connectivity index is 1.53. The number of hydrogen-bond acceptors (Lipinski definition) is 7. The minimum atomic E-state index is -0.473. The molecule has 0 bridgehead atoms. The molecule has 42 heavy (non-hydrogen) atoms. The smallest absolute Gasteiger partial charge is 0.302 e. The first-order valence-corrected chi connectivity index (χ1v) is 16.4. The second-order valence-corrected chi connectivity index (χ2v) is 16.3. The van der Waals surface area contributed by atoms with Gasteiger partial charge in [-0.15, -0.1) is 0 Å². The Morgan fingerprint density at radius 2 is 1.36 bits per heavy atom. The average molecular weight is 587 g/mol. The standard InChI is InChI=1S/C35H54O7/c1-20(36)29-25(41-22(3)38)18-35(19-40-21(2)37)17-16-33(8)24(30(29)35)10-11-27-32(7)14-13-28(42-23(4)39)31(5,6)26(32)12-15-34(27,33)9/h24-30H,10-19H2,1-9H3/t24-,25+,26+,27-,28+,29-,30+,32+,33-,34-,35+/m1/s1. The van der Waals surface area contributed by atoms with Crippen LogP contribution < -0.4 is 0 Å². The number of esters is 3. The van der Waals surface area contributed by atoms with Crippen molar-refractivity contribution >= 4 is 23.7 Å². The fourth-order valence-electron chi connectivity index (χ4n) is 12.5. The van der Waals surface area contributed by atoms with E-state index in [1.54, 1.807) is 6.92 Å². The number of rotatable bonds is 5. The van der Waals surface area contributed by atoms with Crippen LogP contribution in [0.2, 0.25) is 0 Å². The summed E-state index contributed by atoms with van der Waals surface area (Å²) in [5.74, 6) is 0.147. The van der Waals surface area contributed by atoms with Gasteiger partial charge in [-0.3, -0.25) is 19.2 Å². The lowest BCUT2D eigenvalue weighted by Gasteiger charge is -2.72. The maximum absolute atomic E-state index is 13.4. The molecule has 0 saturated heterocycles. The van der Waals surface area contributed by atoms with Gasteiger partial charge in [0.05, 0.1) is 12.5 Å². The monoisotopic (exact) mass is 586 g/mol. The maximum atomic E-state index is 13.4. The van der Waals surface area contributed by atoms with Crippen LogP contribution in [0.1, 0.15) is 120 Å². The highest BCUT2D eigenvalue weighted by Gasteiger charge is 2.72. The molecule has 0 amide bonds. The molecular weight excluding hydrogens is 532 g/mol. The summed E-state index contributed by atoms with van der Waals surface area (Å²) < 4.78 is 17.5. The predicted molar refractivity (Wildman–Crippen MR) is 158 cm³/mol. The maximum Gasteiger partial charge on any atom is 0.302 e. The topological polar surface area (TPSA) is 96.0 Å². The van der Waals surface area contributed by atoms with Crippen LogP contribution in [-0.4, -0.2) is 42.5 Å². The van der Waals surface area contributed by atoms with Gasteiger partial charge < -0.3 is 14.2 Å². The van der Waals surface area contributed by atoms with Gasteiger partial charge in [0, 0.05) is 31.6 Å². The Morgan fingerprint density at radius 1 is 0.690 bits per heavy atom. The van der Waals surface area contributed by atoms with E-state index in [1.807, 2.05) is 0 Å². The Hall–Kier alpha value is -1.92. The van der Waals surface area contributed by atoms with Gasteiger partial charge in [-0.1, -0.05) is 34.6 Å². The van der Waals surface area contributed by atoms with Crippen LogP contribution in [0.15, 0.2) is 0 Å². The predicted octanol–water partition coefficient (Wildman–Crippen LogP) is 6.69. The molecule has 0 aromatic rings. The number of ketones is 1. The summed E-state index contributed by atoms with van der Waals surface area (Å²) in [4.78, 5) is 49.6. The number of fused-ring (bicyclic) bond motifs is 7. The van der Waals surface area contributed by atoms with Gasteiger partial charge in [-0.25, -0.2) is 0 Å². The van der Waals surface area contributed by atoms with E-state index in [9.17, 15) is 19.2 Å². The zero-order valence-electron chi connectivity index (χ0n) is 27.5. The normalized spacial score (nSPS) is 47.1. The van der Waals surface area contributed by atoms with Gasteiger partial charge >= 0.3 is 17.9 Å². The fraction of sp³-hybridized carbons (Fsp3) is 0.886. The molecule has 236 valence electrons. The molecule has 0 unspecified atom stereocenters. The Labute approximate surface area is 252 Å². The first-order valence-electron chi connectivity index (χ1n) is 16.4. The summed E-state index contributed by atoms with van der Waals surface area (Å²) in [5, 5.41) is 0. The molecule has 5 aliphatic carbocycles. The van der Waals surface area contributed by atoms with Crippen molar-refractivity contribution in [3.05, 3.63) is 0 Å². The van der Waals surface area contributed by atoms with Crippen LogP contribution in [0.25, 0.3) is 0 Å². The second kappa shape index (κ2) is 10.3. The zero-order chi connectivity index (χ0) is 31.0. The van der Waals surface area contributed by atoms with E-state index in [1.165, 1.54) is 20.8 Å². The van der Waals surface area contributed by atoms with E-state index in [4.69, 9.17) is 14.2 Å². The molecule has 0 radical (unpaired) electrons. The van der Waals surface area contributed by atoms with Crippen molar-refractivity contribution in [3.8, 4) is 0 Å². The van der Waals surface area contributed by atoms with E-state index in [0.717, 1.165) is 51.4 Å². The van der Waals surface area contributed by atoms with Gasteiger partial charge in [0.15, 0.2) is 0 Å². The van der Waals surface area contributed by atoms with E-state index in [0.29, 0.717) is 18.3 Å². The van der Waals surface area contributed by atoms with E-state index < -0.39 is 6.10 Å². The van der Waals surface area contributed by atoms with Crippen LogP contribution >= 0.6 is 0 Å². The van der Waals surface area contributed by atoms with Crippen molar-refractivity contribution in [2.75, 3.05) is 6.61 Å². The van der Waals surface area contributed by atoms with Gasteiger partial charge in [0.2, 0.25) is 0 Å². The Bertz CT molecular complexity index is 1140. The SMILES string of the molecule is CC(=O)OC[C@@]12CC[C@]3(C)[C@H](CC[C@@H]4[C@@]5(C)CC[C@H](OC(C)=O)C(C)(C)[C@@H]5CC[C@]43C)[C@H]1[C@H](C(C)=O)[C@@H](OC(C)=O)C2. The summed E-state index contributed by atoms with van der Waals surface area (Å²) in [5.41, 5.74) is -0.222. The van der Waals surface area contributed by atoms with Crippen LogP contribution in [0, 0.1) is 56.7 Å². The molecule has 7 heteroatoms. The summed E-state index contributed by atoms with van der Waals surface area (Å²) in [6.45, 7) is 18.5. The molecule has 0 heterocycles. The van der Waals surface area contributed by atoms with Gasteiger partial charge in [-0.05, 0) is 105 Å². The zero-order valence-corrected chi connectivity index (χ0v) is 27.5. The Morgan fingerprint density at radius 3 is 1.95 bits per heavy atom. The van der Waals surface area contributed by atoms with Crippen molar-refractivity contribution < 1.29 is 33.4 Å². The molecule has 7 nitrogen and oxygen atoms in total. The highest BCUT2D eigenvalue weighted by molar-refractivity contribution is 5.80. The van der Waals surface area contributed by atoms with Crippen molar-refractivity contribution in [2.24, 2.45) is 56.7 Å². The molecule has 0 aromatic heterocycles. The molecule has 5 rings (SSSR count). The molecule has 5 fully saturated rings. The summed E-state index contributed by atoms with van der Waals surface area (Å²) in [7, 11) is 0. The molecule has 0 aliphatic heterocycles. The highest BCUT2D eigenvalue weighted by atomic mass is 16.6. The third-order valence-corrected chi connectivity index (χ3v) is 14.2. The first kappa shape index (κ1) is 31.5. The molecule has 11 atom stereocenters. The molecule has 0 spiro atoms. The minimum Gasteiger partial charge on any atom is -0.465 e. The van der Waals surface area contributed by atoms with Crippen LogP contribution in [0.3, 0.4) is 0 Å². The number of hydrogen-bond donors (Lipinski definition) is 0. The van der Waals surface area contributed by atoms with Crippen molar-refractivity contribution in [1.82, 2.24) is 0 Å². The van der Waals surface area contributed by atoms with Crippen LogP contribution in [0.4, 0.5) is 0 Å². The third-order valence-electron chi connectivity index (χ3n) is 14.2. The molecule has 5 aliphatic rings.